The molecule has 0 saturated carbocycles. The van der Waals surface area contributed by atoms with Crippen LogP contribution in [0.2, 0.25) is 0 Å². The van der Waals surface area contributed by atoms with Crippen molar-refractivity contribution in [3.05, 3.63) is 17.0 Å². The van der Waals surface area contributed by atoms with E-state index in [0.717, 1.165) is 17.0 Å². The number of likely N-dealkylation sites (N-methyl/N-ethyl adjacent to an activating group) is 1. The largest absolute Gasteiger partial charge is 0.392 e. The molecule has 1 aromatic heterocycles. The van der Waals surface area contributed by atoms with Gasteiger partial charge in [0.2, 0.25) is 5.91 Å². The van der Waals surface area contributed by atoms with Crippen LogP contribution in [0.1, 0.15) is 17.0 Å². The molecule has 0 saturated heterocycles. The maximum absolute atomic E-state index is 11.1. The number of carbonyl (C=O) groups excluding carboxylic acids is 1. The number of nitrogens with zero attached hydrogens (tertiary/aromatic N) is 2. The third-order valence-corrected chi connectivity index (χ3v) is 2.26. The number of aryl methyl sites for hydroxylation is 1. The number of carbonyl (C=O) groups is 1. The molecule has 5 heteroatoms. The van der Waals surface area contributed by atoms with Gasteiger partial charge in [0.1, 0.15) is 6.54 Å². The fourth-order valence-electron chi connectivity index (χ4n) is 1.33. The molecule has 5 nitrogen and oxygen atoms in total. The van der Waals surface area contributed by atoms with Crippen molar-refractivity contribution in [3.63, 3.8) is 0 Å². The number of rotatable bonds is 3. The third kappa shape index (κ3) is 1.93. The van der Waals surface area contributed by atoms with Crippen molar-refractivity contribution in [2.24, 2.45) is 0 Å². The molecule has 0 radical (unpaired) electrons. The molecule has 1 aromatic rings. The molecule has 1 heterocycles. The van der Waals surface area contributed by atoms with E-state index in [0.29, 0.717) is 0 Å². The van der Waals surface area contributed by atoms with Gasteiger partial charge in [-0.15, -0.1) is 0 Å². The van der Waals surface area contributed by atoms with Gasteiger partial charge in [0.15, 0.2) is 0 Å². The molecule has 1 rings (SSSR count). The van der Waals surface area contributed by atoms with Crippen LogP contribution in [-0.2, 0) is 17.9 Å². The monoisotopic (exact) mass is 197 g/mol. The van der Waals surface area contributed by atoms with Crippen molar-refractivity contribution in [1.29, 1.82) is 0 Å². The number of hydrogen-bond donors (Lipinski definition) is 2. The van der Waals surface area contributed by atoms with Crippen LogP contribution < -0.4 is 5.32 Å². The summed E-state index contributed by atoms with van der Waals surface area (Å²) in [6.45, 7) is 3.82. The van der Waals surface area contributed by atoms with Crippen LogP contribution in [-0.4, -0.2) is 27.8 Å². The van der Waals surface area contributed by atoms with Crippen LogP contribution in [0.3, 0.4) is 0 Å². The van der Waals surface area contributed by atoms with Gasteiger partial charge in [-0.25, -0.2) is 0 Å². The zero-order valence-electron chi connectivity index (χ0n) is 8.66. The Morgan fingerprint density at radius 2 is 2.21 bits per heavy atom. The van der Waals surface area contributed by atoms with Gasteiger partial charge in [0.25, 0.3) is 0 Å². The Kier molecular flexibility index (Phi) is 3.24. The molecular formula is C9H15N3O2. The summed E-state index contributed by atoms with van der Waals surface area (Å²) >= 11 is 0. The first-order chi connectivity index (χ1) is 6.60. The number of nitrogens with one attached hydrogen (secondary N) is 1. The standard InChI is InChI=1S/C9H15N3O2/c1-6-8(5-13)7(2)12(11-6)4-9(14)10-3/h13H,4-5H2,1-3H3,(H,10,14). The highest BCUT2D eigenvalue weighted by Gasteiger charge is 2.11. The molecule has 0 aliphatic carbocycles. The van der Waals surface area contributed by atoms with Gasteiger partial charge in [-0.3, -0.25) is 9.48 Å². The molecular weight excluding hydrogens is 182 g/mol. The van der Waals surface area contributed by atoms with E-state index < -0.39 is 0 Å². The topological polar surface area (TPSA) is 67.2 Å². The quantitative estimate of drug-likeness (QED) is 0.701. The first kappa shape index (κ1) is 10.7. The van der Waals surface area contributed by atoms with Crippen LogP contribution in [0.15, 0.2) is 0 Å². The molecule has 0 aliphatic heterocycles. The summed E-state index contributed by atoms with van der Waals surface area (Å²) in [6, 6.07) is 0. The van der Waals surface area contributed by atoms with E-state index in [9.17, 15) is 4.79 Å². The molecule has 0 unspecified atom stereocenters. The Hall–Kier alpha value is -1.36. The number of amides is 1. The molecule has 0 aromatic carbocycles. The highest BCUT2D eigenvalue weighted by molar-refractivity contribution is 5.75. The molecule has 0 spiro atoms. The van der Waals surface area contributed by atoms with E-state index in [4.69, 9.17) is 5.11 Å². The first-order valence-corrected chi connectivity index (χ1v) is 4.44. The van der Waals surface area contributed by atoms with Gasteiger partial charge in [0.05, 0.1) is 12.3 Å². The SMILES string of the molecule is CNC(=O)Cn1nc(C)c(CO)c1C. The van der Waals surface area contributed by atoms with Crippen LogP contribution in [0.4, 0.5) is 0 Å². The van der Waals surface area contributed by atoms with E-state index >= 15 is 0 Å². The summed E-state index contributed by atoms with van der Waals surface area (Å²) in [4.78, 5) is 11.1. The molecule has 0 bridgehead atoms. The minimum atomic E-state index is -0.0971. The van der Waals surface area contributed by atoms with Crippen molar-refractivity contribution in [2.45, 2.75) is 27.0 Å². The average molecular weight is 197 g/mol. The smallest absolute Gasteiger partial charge is 0.241 e. The van der Waals surface area contributed by atoms with E-state index in [1.807, 2.05) is 13.8 Å². The fourth-order valence-corrected chi connectivity index (χ4v) is 1.33. The maximum Gasteiger partial charge on any atom is 0.241 e. The highest BCUT2D eigenvalue weighted by atomic mass is 16.3. The van der Waals surface area contributed by atoms with Crippen LogP contribution in [0.25, 0.3) is 0 Å². The Morgan fingerprint density at radius 3 is 2.64 bits per heavy atom. The third-order valence-electron chi connectivity index (χ3n) is 2.26. The predicted octanol–water partition coefficient (Wildman–Crippen LogP) is -0.262. The van der Waals surface area contributed by atoms with E-state index in [-0.39, 0.29) is 19.1 Å². The lowest BCUT2D eigenvalue weighted by Crippen LogP contribution is -2.24. The minimum absolute atomic E-state index is 0.0363. The van der Waals surface area contributed by atoms with Crippen LogP contribution >= 0.6 is 0 Å². The van der Waals surface area contributed by atoms with Crippen molar-refractivity contribution in [2.75, 3.05) is 7.05 Å². The highest BCUT2D eigenvalue weighted by Crippen LogP contribution is 2.12. The summed E-state index contributed by atoms with van der Waals surface area (Å²) in [6.07, 6.45) is 0. The minimum Gasteiger partial charge on any atom is -0.392 e. The zero-order valence-corrected chi connectivity index (χ0v) is 8.66. The van der Waals surface area contributed by atoms with Crippen LogP contribution in [0.5, 0.6) is 0 Å². The summed E-state index contributed by atoms with van der Waals surface area (Å²) in [5.74, 6) is -0.0971. The van der Waals surface area contributed by atoms with E-state index in [1.54, 1.807) is 11.7 Å². The molecule has 0 fully saturated rings. The fraction of sp³-hybridized carbons (Fsp3) is 0.556. The molecule has 1 amide bonds. The molecule has 14 heavy (non-hydrogen) atoms. The zero-order chi connectivity index (χ0) is 10.7. The van der Waals surface area contributed by atoms with Crippen molar-refractivity contribution >= 4 is 5.91 Å². The van der Waals surface area contributed by atoms with Crippen molar-refractivity contribution < 1.29 is 9.90 Å². The van der Waals surface area contributed by atoms with Crippen LogP contribution in [0, 0.1) is 13.8 Å². The second-order valence-electron chi connectivity index (χ2n) is 3.14. The predicted molar refractivity (Wildman–Crippen MR) is 51.7 cm³/mol. The summed E-state index contributed by atoms with van der Waals surface area (Å²) in [5, 5.41) is 15.7. The van der Waals surface area contributed by atoms with Gasteiger partial charge < -0.3 is 10.4 Å². The van der Waals surface area contributed by atoms with E-state index in [2.05, 4.69) is 10.4 Å². The van der Waals surface area contributed by atoms with Crippen molar-refractivity contribution in [3.8, 4) is 0 Å². The number of hydrogen-bond acceptors (Lipinski definition) is 3. The molecule has 0 aliphatic rings. The normalized spacial score (nSPS) is 10.3. The van der Waals surface area contributed by atoms with Gasteiger partial charge in [-0.2, -0.15) is 5.10 Å². The lowest BCUT2D eigenvalue weighted by molar-refractivity contribution is -0.121. The molecule has 78 valence electrons. The Bertz CT molecular complexity index is 344. The number of aliphatic hydroxyl groups excluding tert-OH is 1. The average Bonchev–Trinajstić information content (AvgIpc) is 2.42. The van der Waals surface area contributed by atoms with Gasteiger partial charge in [0, 0.05) is 18.3 Å². The van der Waals surface area contributed by atoms with Gasteiger partial charge in [-0.05, 0) is 13.8 Å². The first-order valence-electron chi connectivity index (χ1n) is 4.44. The summed E-state index contributed by atoms with van der Waals surface area (Å²) in [7, 11) is 1.58. The Labute approximate surface area is 82.7 Å². The van der Waals surface area contributed by atoms with Gasteiger partial charge >= 0.3 is 0 Å². The number of aliphatic hydroxyl groups is 1. The lowest BCUT2D eigenvalue weighted by Gasteiger charge is -2.03. The molecule has 2 N–H and O–H groups in total. The summed E-state index contributed by atoms with van der Waals surface area (Å²) in [5.41, 5.74) is 2.41. The summed E-state index contributed by atoms with van der Waals surface area (Å²) < 4.78 is 1.60. The number of aromatic nitrogens is 2. The van der Waals surface area contributed by atoms with Crippen molar-refractivity contribution in [1.82, 2.24) is 15.1 Å². The second kappa shape index (κ2) is 4.23. The second-order valence-corrected chi connectivity index (χ2v) is 3.14. The Balaban J connectivity index is 2.93. The van der Waals surface area contributed by atoms with Gasteiger partial charge in [-0.1, -0.05) is 0 Å². The molecule has 0 atom stereocenters. The maximum atomic E-state index is 11.1. The lowest BCUT2D eigenvalue weighted by atomic mass is 10.2. The van der Waals surface area contributed by atoms with E-state index in [1.165, 1.54) is 0 Å². The Morgan fingerprint density at radius 1 is 1.57 bits per heavy atom.